The Morgan fingerprint density at radius 1 is 1.75 bits per heavy atom. The Bertz CT molecular complexity index is 401. The van der Waals surface area contributed by atoms with Crippen LogP contribution in [0, 0.1) is 11.3 Å². The number of nitriles is 1. The molecule has 2 N–H and O–H groups in total. The molecule has 1 aromatic rings. The fourth-order valence-corrected chi connectivity index (χ4v) is 1.10. The molecule has 16 heavy (non-hydrogen) atoms. The number of hydrogen-bond donors (Lipinski definition) is 2. The van der Waals surface area contributed by atoms with E-state index in [0.717, 1.165) is 5.69 Å². The second kappa shape index (κ2) is 6.43. The van der Waals surface area contributed by atoms with Gasteiger partial charge in [-0.05, 0) is 18.2 Å². The Morgan fingerprint density at radius 3 is 3.12 bits per heavy atom. The summed E-state index contributed by atoms with van der Waals surface area (Å²) in [6, 6.07) is 5.43. The van der Waals surface area contributed by atoms with Gasteiger partial charge in [0.1, 0.15) is 11.6 Å². The molecule has 5 heteroatoms. The molecule has 84 valence electrons. The van der Waals surface area contributed by atoms with E-state index < -0.39 is 5.91 Å². The third-order valence-corrected chi connectivity index (χ3v) is 1.88. The predicted octanol–water partition coefficient (Wildman–Crippen LogP) is 0.684. The van der Waals surface area contributed by atoms with E-state index in [1.54, 1.807) is 25.4 Å². The van der Waals surface area contributed by atoms with Crippen LogP contribution in [0.15, 0.2) is 23.9 Å². The fraction of sp³-hybridized carbons (Fsp3) is 0.273. The second-order valence-electron chi connectivity index (χ2n) is 3.04. The van der Waals surface area contributed by atoms with Crippen molar-refractivity contribution in [3.05, 3.63) is 29.6 Å². The first-order valence-corrected chi connectivity index (χ1v) is 4.80. The largest absolute Gasteiger partial charge is 0.383 e. The molecule has 0 unspecified atom stereocenters. The maximum absolute atomic E-state index is 11.5. The Balaban J connectivity index is 2.61. The highest BCUT2D eigenvalue weighted by atomic mass is 16.5. The first kappa shape index (κ1) is 12.0. The van der Waals surface area contributed by atoms with Crippen molar-refractivity contribution < 1.29 is 9.53 Å². The van der Waals surface area contributed by atoms with Gasteiger partial charge in [-0.2, -0.15) is 5.26 Å². The third kappa shape index (κ3) is 3.59. The van der Waals surface area contributed by atoms with Gasteiger partial charge in [-0.25, -0.2) is 0 Å². The first-order chi connectivity index (χ1) is 7.77. The molecule has 0 atom stereocenters. The zero-order valence-corrected chi connectivity index (χ0v) is 8.99. The van der Waals surface area contributed by atoms with E-state index in [9.17, 15) is 4.79 Å². The number of amides is 1. The minimum atomic E-state index is -0.394. The molecule has 0 aliphatic heterocycles. The minimum absolute atomic E-state index is 0.0681. The fourth-order valence-electron chi connectivity index (χ4n) is 1.10. The van der Waals surface area contributed by atoms with Crippen molar-refractivity contribution in [3.8, 4) is 6.07 Å². The van der Waals surface area contributed by atoms with Crippen molar-refractivity contribution in [2.45, 2.75) is 0 Å². The molecule has 0 saturated heterocycles. The van der Waals surface area contributed by atoms with Gasteiger partial charge in [0, 0.05) is 25.5 Å². The van der Waals surface area contributed by atoms with Crippen molar-refractivity contribution in [1.82, 2.24) is 10.3 Å². The number of rotatable bonds is 5. The molecule has 0 aliphatic rings. The normalized spacial score (nSPS) is 10.9. The van der Waals surface area contributed by atoms with Crippen molar-refractivity contribution in [1.29, 1.82) is 5.26 Å². The van der Waals surface area contributed by atoms with E-state index in [4.69, 9.17) is 10.00 Å². The van der Waals surface area contributed by atoms with Gasteiger partial charge in [0.2, 0.25) is 0 Å². The van der Waals surface area contributed by atoms with Gasteiger partial charge in [0.05, 0.1) is 6.61 Å². The van der Waals surface area contributed by atoms with Gasteiger partial charge in [-0.1, -0.05) is 0 Å². The zero-order chi connectivity index (χ0) is 11.8. The number of ether oxygens (including phenoxy) is 1. The summed E-state index contributed by atoms with van der Waals surface area (Å²) in [7, 11) is 1.55. The summed E-state index contributed by atoms with van der Waals surface area (Å²) < 4.78 is 4.79. The molecule has 1 heterocycles. The molecule has 5 nitrogen and oxygen atoms in total. The molecule has 0 spiro atoms. The highest BCUT2D eigenvalue weighted by Gasteiger charge is 2.07. The first-order valence-electron chi connectivity index (χ1n) is 4.80. The number of nitrogens with one attached hydrogen (secondary N) is 2. The Hall–Kier alpha value is -2.06. The van der Waals surface area contributed by atoms with Crippen molar-refractivity contribution in [2.75, 3.05) is 20.3 Å². The number of carbonyl (C=O) groups is 1. The van der Waals surface area contributed by atoms with Crippen LogP contribution in [0.1, 0.15) is 5.69 Å². The molecule has 0 aliphatic carbocycles. The third-order valence-electron chi connectivity index (χ3n) is 1.88. The molecule has 0 radical (unpaired) electrons. The van der Waals surface area contributed by atoms with E-state index in [1.807, 2.05) is 6.07 Å². The highest BCUT2D eigenvalue weighted by Crippen LogP contribution is 2.03. The summed E-state index contributed by atoms with van der Waals surface area (Å²) in [4.78, 5) is 14.4. The monoisotopic (exact) mass is 219 g/mol. The molecular formula is C11H13N3O2. The minimum Gasteiger partial charge on any atom is -0.383 e. The summed E-state index contributed by atoms with van der Waals surface area (Å²) in [6.07, 6.45) is 3.23. The molecule has 1 aromatic heterocycles. The molecular weight excluding hydrogens is 206 g/mol. The maximum atomic E-state index is 11.5. The average Bonchev–Trinajstić information content (AvgIpc) is 2.78. The lowest BCUT2D eigenvalue weighted by atomic mass is 10.2. The van der Waals surface area contributed by atoms with E-state index >= 15 is 0 Å². The molecule has 1 rings (SSSR count). The standard InChI is InChI=1S/C11H13N3O2/c1-16-6-5-14-11(15)9(8-12)7-10-3-2-4-13-10/h2-4,7,13H,5-6H2,1H3,(H,14,15). The number of aromatic amines is 1. The summed E-state index contributed by atoms with van der Waals surface area (Å²) in [6.45, 7) is 0.812. The highest BCUT2D eigenvalue weighted by molar-refractivity contribution is 6.01. The van der Waals surface area contributed by atoms with Crippen molar-refractivity contribution >= 4 is 12.0 Å². The topological polar surface area (TPSA) is 77.9 Å². The van der Waals surface area contributed by atoms with Crippen LogP contribution in [0.25, 0.3) is 6.08 Å². The van der Waals surface area contributed by atoms with Crippen LogP contribution < -0.4 is 5.32 Å². The summed E-state index contributed by atoms with van der Waals surface area (Å²) in [5, 5.41) is 11.4. The van der Waals surface area contributed by atoms with E-state index in [2.05, 4.69) is 10.3 Å². The Labute approximate surface area is 93.7 Å². The van der Waals surface area contributed by atoms with Crippen LogP contribution in [0.4, 0.5) is 0 Å². The van der Waals surface area contributed by atoms with Crippen molar-refractivity contribution in [2.24, 2.45) is 0 Å². The number of nitrogens with zero attached hydrogens (tertiary/aromatic N) is 1. The second-order valence-corrected chi connectivity index (χ2v) is 3.04. The predicted molar refractivity (Wildman–Crippen MR) is 59.3 cm³/mol. The number of hydrogen-bond acceptors (Lipinski definition) is 3. The van der Waals surface area contributed by atoms with E-state index in [0.29, 0.717) is 13.2 Å². The van der Waals surface area contributed by atoms with Gasteiger partial charge in [0.25, 0.3) is 5.91 Å². The number of methoxy groups -OCH3 is 1. The zero-order valence-electron chi connectivity index (χ0n) is 8.99. The van der Waals surface area contributed by atoms with Gasteiger partial charge in [-0.15, -0.1) is 0 Å². The molecule has 0 aromatic carbocycles. The average molecular weight is 219 g/mol. The van der Waals surface area contributed by atoms with Gasteiger partial charge in [-0.3, -0.25) is 4.79 Å². The van der Waals surface area contributed by atoms with Crippen LogP contribution in [-0.4, -0.2) is 31.2 Å². The molecule has 0 bridgehead atoms. The van der Waals surface area contributed by atoms with E-state index in [1.165, 1.54) is 6.08 Å². The Kier molecular flexibility index (Phi) is 4.83. The summed E-state index contributed by atoms with van der Waals surface area (Å²) >= 11 is 0. The van der Waals surface area contributed by atoms with E-state index in [-0.39, 0.29) is 5.57 Å². The van der Waals surface area contributed by atoms with Crippen molar-refractivity contribution in [3.63, 3.8) is 0 Å². The van der Waals surface area contributed by atoms with Gasteiger partial charge >= 0.3 is 0 Å². The van der Waals surface area contributed by atoms with Crippen LogP contribution in [-0.2, 0) is 9.53 Å². The van der Waals surface area contributed by atoms with Crippen LogP contribution >= 0.6 is 0 Å². The summed E-state index contributed by atoms with van der Waals surface area (Å²) in [5.41, 5.74) is 0.789. The lowest BCUT2D eigenvalue weighted by molar-refractivity contribution is -0.117. The smallest absolute Gasteiger partial charge is 0.262 e. The molecule has 0 fully saturated rings. The number of carbonyl (C=O) groups excluding carboxylic acids is 1. The molecule has 1 amide bonds. The van der Waals surface area contributed by atoms with Gasteiger partial charge < -0.3 is 15.0 Å². The number of H-pyrrole nitrogens is 1. The van der Waals surface area contributed by atoms with Gasteiger partial charge in [0.15, 0.2) is 0 Å². The maximum Gasteiger partial charge on any atom is 0.262 e. The number of aromatic nitrogens is 1. The summed E-state index contributed by atoms with van der Waals surface area (Å²) in [5.74, 6) is -0.394. The quantitative estimate of drug-likeness (QED) is 0.434. The van der Waals surface area contributed by atoms with Crippen LogP contribution in [0.5, 0.6) is 0 Å². The lowest BCUT2D eigenvalue weighted by Gasteiger charge is -2.02. The lowest BCUT2D eigenvalue weighted by Crippen LogP contribution is -2.27. The van der Waals surface area contributed by atoms with Crippen LogP contribution in [0.2, 0.25) is 0 Å². The Morgan fingerprint density at radius 2 is 2.56 bits per heavy atom. The van der Waals surface area contributed by atoms with Crippen LogP contribution in [0.3, 0.4) is 0 Å². The molecule has 0 saturated carbocycles. The SMILES string of the molecule is COCCNC(=O)C(C#N)=Cc1ccc[nH]1.